The zero-order valence-electron chi connectivity index (χ0n) is 23.1. The number of nitrogens with one attached hydrogen (secondary N) is 1. The van der Waals surface area contributed by atoms with E-state index < -0.39 is 42.1 Å². The van der Waals surface area contributed by atoms with Crippen LogP contribution in [-0.2, 0) is 25.5 Å². The number of nitrogens with zero attached hydrogens (tertiary/aromatic N) is 1. The van der Waals surface area contributed by atoms with Crippen molar-refractivity contribution in [1.82, 2.24) is 10.2 Å². The number of hydrogen-bond donors (Lipinski definition) is 3. The molecule has 1 saturated heterocycles. The van der Waals surface area contributed by atoms with Gasteiger partial charge in [-0.1, -0.05) is 70.4 Å². The summed E-state index contributed by atoms with van der Waals surface area (Å²) in [6.45, 7) is 7.26. The second-order valence-corrected chi connectivity index (χ2v) is 10.7. The molecule has 3 N–H and O–H groups in total. The quantitative estimate of drug-likeness (QED) is 0.324. The Morgan fingerprint density at radius 2 is 1.78 bits per heavy atom. The number of aliphatic hydroxyl groups is 2. The average Bonchev–Trinajstić information content (AvgIpc) is 2.86. The Balaban J connectivity index is 2.31. The van der Waals surface area contributed by atoms with Gasteiger partial charge in [-0.25, -0.2) is 4.79 Å². The molecular formula is C29H46N2O6. The SMILES string of the molecule is CC[C@H](C)[C@H]1C(=O)O[C@H](CCCCC[C@@H](C)O)C[C@@H](O)[C@@H](C)C(=O)N[C@H](Cc2ccccc2)C(=O)N1C. The van der Waals surface area contributed by atoms with Gasteiger partial charge in [0.15, 0.2) is 0 Å². The van der Waals surface area contributed by atoms with Gasteiger partial charge in [-0.2, -0.15) is 0 Å². The fraction of sp³-hybridized carbons (Fsp3) is 0.690. The minimum Gasteiger partial charge on any atom is -0.461 e. The van der Waals surface area contributed by atoms with Crippen LogP contribution >= 0.6 is 0 Å². The van der Waals surface area contributed by atoms with Gasteiger partial charge in [0.1, 0.15) is 18.2 Å². The average molecular weight is 519 g/mol. The largest absolute Gasteiger partial charge is 0.461 e. The molecule has 0 aliphatic carbocycles. The van der Waals surface area contributed by atoms with Gasteiger partial charge in [0.2, 0.25) is 11.8 Å². The number of aliphatic hydroxyl groups excluding tert-OH is 2. The Kier molecular flexibility index (Phi) is 12.5. The number of ether oxygens (including phenoxy) is 1. The summed E-state index contributed by atoms with van der Waals surface area (Å²) in [7, 11) is 1.60. The molecule has 37 heavy (non-hydrogen) atoms. The van der Waals surface area contributed by atoms with Crippen molar-refractivity contribution in [1.29, 1.82) is 0 Å². The molecular weight excluding hydrogens is 472 g/mol. The molecule has 208 valence electrons. The number of benzene rings is 1. The molecule has 0 bridgehead atoms. The van der Waals surface area contributed by atoms with E-state index in [0.29, 0.717) is 19.3 Å². The Labute approximate surface area is 221 Å². The minimum atomic E-state index is -1.03. The molecule has 1 aliphatic heterocycles. The fourth-order valence-electron chi connectivity index (χ4n) is 4.83. The third-order valence-corrected chi connectivity index (χ3v) is 7.51. The Morgan fingerprint density at radius 3 is 2.41 bits per heavy atom. The summed E-state index contributed by atoms with van der Waals surface area (Å²) in [4.78, 5) is 41.7. The standard InChI is InChI=1S/C29H46N2O6/c1-6-19(2)26-29(36)37-23(16-12-7-9-13-20(3)32)18-25(33)21(4)27(34)30-24(28(35)31(26)5)17-22-14-10-8-11-15-22/h8,10-11,14-15,19-21,23-26,32-33H,6-7,9,12-13,16-18H2,1-5H3,(H,30,34)/t19-,20+,21+,23+,24+,25+,26-/m0/s1. The molecule has 1 aliphatic rings. The Morgan fingerprint density at radius 1 is 1.11 bits per heavy atom. The van der Waals surface area contributed by atoms with E-state index in [0.717, 1.165) is 24.8 Å². The highest BCUT2D eigenvalue weighted by Gasteiger charge is 2.39. The number of unbranched alkanes of at least 4 members (excludes halogenated alkanes) is 2. The number of likely N-dealkylation sites (N-methyl/N-ethyl adjacent to an activating group) is 1. The van der Waals surface area contributed by atoms with Crippen LogP contribution in [0, 0.1) is 11.8 Å². The minimum absolute atomic E-state index is 0.144. The number of amides is 2. The lowest BCUT2D eigenvalue weighted by Gasteiger charge is -2.36. The van der Waals surface area contributed by atoms with E-state index >= 15 is 0 Å². The maximum Gasteiger partial charge on any atom is 0.329 e. The van der Waals surface area contributed by atoms with Gasteiger partial charge in [-0.3, -0.25) is 9.59 Å². The van der Waals surface area contributed by atoms with Gasteiger partial charge in [0.05, 0.1) is 18.1 Å². The smallest absolute Gasteiger partial charge is 0.329 e. The zero-order chi connectivity index (χ0) is 27.5. The maximum absolute atomic E-state index is 13.7. The second-order valence-electron chi connectivity index (χ2n) is 10.7. The van der Waals surface area contributed by atoms with Crippen LogP contribution in [0.1, 0.15) is 78.2 Å². The van der Waals surface area contributed by atoms with Gasteiger partial charge in [-0.15, -0.1) is 0 Å². The third kappa shape index (κ3) is 9.42. The summed E-state index contributed by atoms with van der Waals surface area (Å²) in [6.07, 6.45) is 2.86. The first-order valence-electron chi connectivity index (χ1n) is 13.7. The van der Waals surface area contributed by atoms with Crippen LogP contribution in [0.2, 0.25) is 0 Å². The van der Waals surface area contributed by atoms with Crippen LogP contribution in [-0.4, -0.2) is 70.3 Å². The van der Waals surface area contributed by atoms with Crippen molar-refractivity contribution in [2.24, 2.45) is 11.8 Å². The van der Waals surface area contributed by atoms with Crippen LogP contribution in [0.5, 0.6) is 0 Å². The molecule has 0 saturated carbocycles. The van der Waals surface area contributed by atoms with Crippen molar-refractivity contribution in [3.8, 4) is 0 Å². The van der Waals surface area contributed by atoms with Crippen molar-refractivity contribution < 1.29 is 29.3 Å². The highest BCUT2D eigenvalue weighted by atomic mass is 16.5. The molecule has 7 atom stereocenters. The Hall–Kier alpha value is -2.45. The predicted molar refractivity (Wildman–Crippen MR) is 143 cm³/mol. The van der Waals surface area contributed by atoms with E-state index in [9.17, 15) is 24.6 Å². The van der Waals surface area contributed by atoms with E-state index in [4.69, 9.17) is 4.74 Å². The maximum atomic E-state index is 13.7. The van der Waals surface area contributed by atoms with Gasteiger partial charge >= 0.3 is 5.97 Å². The number of cyclic esters (lactones) is 1. The van der Waals surface area contributed by atoms with Gasteiger partial charge in [0.25, 0.3) is 0 Å². The topological polar surface area (TPSA) is 116 Å². The first-order chi connectivity index (χ1) is 17.5. The number of carbonyl (C=O) groups is 3. The summed E-state index contributed by atoms with van der Waals surface area (Å²) in [5, 5.41) is 23.2. The van der Waals surface area contributed by atoms with Crippen LogP contribution in [0.4, 0.5) is 0 Å². The summed E-state index contributed by atoms with van der Waals surface area (Å²) in [6, 6.07) is 7.72. The normalized spacial score (nSPS) is 27.5. The number of carbonyl (C=O) groups excluding carboxylic acids is 3. The van der Waals surface area contributed by atoms with Crippen molar-refractivity contribution in [3.63, 3.8) is 0 Å². The molecule has 0 aromatic heterocycles. The van der Waals surface area contributed by atoms with Gasteiger partial charge < -0.3 is 25.2 Å². The molecule has 1 aromatic rings. The van der Waals surface area contributed by atoms with E-state index in [-0.39, 0.29) is 30.8 Å². The first kappa shape index (κ1) is 30.8. The molecule has 1 fully saturated rings. The van der Waals surface area contributed by atoms with Gasteiger partial charge in [0, 0.05) is 19.9 Å². The summed E-state index contributed by atoms with van der Waals surface area (Å²) < 4.78 is 5.94. The van der Waals surface area contributed by atoms with E-state index in [2.05, 4.69) is 5.32 Å². The molecule has 8 nitrogen and oxygen atoms in total. The molecule has 2 rings (SSSR count). The lowest BCUT2D eigenvalue weighted by Crippen LogP contribution is -2.57. The van der Waals surface area contributed by atoms with Crippen molar-refractivity contribution >= 4 is 17.8 Å². The molecule has 1 aromatic carbocycles. The predicted octanol–water partition coefficient (Wildman–Crippen LogP) is 3.23. The lowest BCUT2D eigenvalue weighted by atomic mass is 9.93. The number of hydrogen-bond acceptors (Lipinski definition) is 6. The summed E-state index contributed by atoms with van der Waals surface area (Å²) in [5.41, 5.74) is 0.883. The number of rotatable bonds is 10. The third-order valence-electron chi connectivity index (χ3n) is 7.51. The van der Waals surface area contributed by atoms with Crippen LogP contribution < -0.4 is 5.32 Å². The molecule has 0 radical (unpaired) electrons. The summed E-state index contributed by atoms with van der Waals surface area (Å²) >= 11 is 0. The van der Waals surface area contributed by atoms with Crippen molar-refractivity contribution in [3.05, 3.63) is 35.9 Å². The van der Waals surface area contributed by atoms with Crippen LogP contribution in [0.15, 0.2) is 30.3 Å². The number of esters is 1. The van der Waals surface area contributed by atoms with E-state index in [1.54, 1.807) is 20.9 Å². The summed E-state index contributed by atoms with van der Waals surface area (Å²) in [5.74, 6) is -2.19. The molecule has 0 spiro atoms. The molecule has 8 heteroatoms. The Bertz CT molecular complexity index is 861. The van der Waals surface area contributed by atoms with Crippen LogP contribution in [0.3, 0.4) is 0 Å². The van der Waals surface area contributed by atoms with E-state index in [1.165, 1.54) is 4.90 Å². The second kappa shape index (κ2) is 15.1. The van der Waals surface area contributed by atoms with Crippen LogP contribution in [0.25, 0.3) is 0 Å². The first-order valence-corrected chi connectivity index (χ1v) is 13.7. The van der Waals surface area contributed by atoms with E-state index in [1.807, 2.05) is 44.2 Å². The van der Waals surface area contributed by atoms with Crippen molar-refractivity contribution in [2.45, 2.75) is 109 Å². The van der Waals surface area contributed by atoms with Gasteiger partial charge in [-0.05, 0) is 37.7 Å². The highest BCUT2D eigenvalue weighted by Crippen LogP contribution is 2.23. The monoisotopic (exact) mass is 518 g/mol. The highest BCUT2D eigenvalue weighted by molar-refractivity contribution is 5.91. The molecule has 0 unspecified atom stereocenters. The molecule has 1 heterocycles. The lowest BCUT2D eigenvalue weighted by molar-refractivity contribution is -0.164. The molecule has 2 amide bonds. The van der Waals surface area contributed by atoms with Crippen molar-refractivity contribution in [2.75, 3.05) is 7.05 Å². The fourth-order valence-corrected chi connectivity index (χ4v) is 4.83. The zero-order valence-corrected chi connectivity index (χ0v) is 23.1.